The van der Waals surface area contributed by atoms with E-state index >= 15 is 4.39 Å². The van der Waals surface area contributed by atoms with Crippen molar-refractivity contribution >= 4 is 27.3 Å². The number of hydrogen-bond acceptors (Lipinski definition) is 7. The largest absolute Gasteiger partial charge is 0.378 e. The van der Waals surface area contributed by atoms with Gasteiger partial charge in [0, 0.05) is 50.0 Å². The first-order valence-electron chi connectivity index (χ1n) is 11.7. The van der Waals surface area contributed by atoms with Crippen LogP contribution in [-0.2, 0) is 14.8 Å². The van der Waals surface area contributed by atoms with E-state index in [-0.39, 0.29) is 35.0 Å². The van der Waals surface area contributed by atoms with Gasteiger partial charge in [-0.3, -0.25) is 9.20 Å². The number of piperazine rings is 1. The van der Waals surface area contributed by atoms with Crippen molar-refractivity contribution in [3.63, 3.8) is 0 Å². The number of nitrogens with one attached hydrogen (secondary N) is 2. The maximum absolute atomic E-state index is 16.1. The fourth-order valence-electron chi connectivity index (χ4n) is 4.79. The predicted molar refractivity (Wildman–Crippen MR) is 124 cm³/mol. The molecule has 10 nitrogen and oxygen atoms in total. The van der Waals surface area contributed by atoms with E-state index in [0.29, 0.717) is 52.2 Å². The van der Waals surface area contributed by atoms with Crippen molar-refractivity contribution < 1.29 is 22.3 Å². The number of morpholine rings is 1. The van der Waals surface area contributed by atoms with Crippen LogP contribution >= 0.6 is 0 Å². The van der Waals surface area contributed by atoms with E-state index in [0.717, 1.165) is 0 Å². The number of imidazole rings is 1. The van der Waals surface area contributed by atoms with Gasteiger partial charge < -0.3 is 19.9 Å². The van der Waals surface area contributed by atoms with Crippen LogP contribution in [0.3, 0.4) is 0 Å². The molecular formula is C22H31FN6O4S. The van der Waals surface area contributed by atoms with Crippen molar-refractivity contribution in [1.82, 2.24) is 24.3 Å². The molecule has 0 spiro atoms. The average molecular weight is 495 g/mol. The number of ether oxygens (including phenoxy) is 1. The first kappa shape index (κ1) is 23.5. The summed E-state index contributed by atoms with van der Waals surface area (Å²) < 4.78 is 52.0. The molecule has 2 saturated heterocycles. The van der Waals surface area contributed by atoms with E-state index in [2.05, 4.69) is 15.0 Å². The summed E-state index contributed by atoms with van der Waals surface area (Å²) in [6.45, 7) is 8.46. The number of pyridine rings is 1. The molecule has 1 amide bonds. The summed E-state index contributed by atoms with van der Waals surface area (Å²) in [5.74, 6) is -1.14. The summed E-state index contributed by atoms with van der Waals surface area (Å²) in [7, 11) is -4.17. The van der Waals surface area contributed by atoms with Gasteiger partial charge in [-0.1, -0.05) is 0 Å². The molecule has 1 aliphatic carbocycles. The lowest BCUT2D eigenvalue weighted by Crippen LogP contribution is -2.54. The van der Waals surface area contributed by atoms with Gasteiger partial charge in [-0.15, -0.1) is 0 Å². The molecular weight excluding hydrogens is 463 g/mol. The Morgan fingerprint density at radius 3 is 2.50 bits per heavy atom. The highest BCUT2D eigenvalue weighted by atomic mass is 32.2. The van der Waals surface area contributed by atoms with Crippen molar-refractivity contribution in [2.24, 2.45) is 0 Å². The topological polar surface area (TPSA) is 108 Å². The summed E-state index contributed by atoms with van der Waals surface area (Å²) >= 11 is 0. The zero-order chi connectivity index (χ0) is 24.3. The molecule has 0 bridgehead atoms. The number of nitrogens with zero attached hydrogens (tertiary/aromatic N) is 4. The van der Waals surface area contributed by atoms with Gasteiger partial charge in [0.2, 0.25) is 10.0 Å². The highest BCUT2D eigenvalue weighted by Gasteiger charge is 2.43. The summed E-state index contributed by atoms with van der Waals surface area (Å²) in [5.41, 5.74) is -0.0413. The van der Waals surface area contributed by atoms with E-state index < -0.39 is 26.3 Å². The lowest BCUT2D eigenvalue weighted by molar-refractivity contribution is 0.0298. The Hall–Kier alpha value is -2.28. The molecule has 2 aromatic rings. The number of amides is 1. The van der Waals surface area contributed by atoms with Gasteiger partial charge in [-0.25, -0.2) is 22.5 Å². The molecule has 2 aliphatic heterocycles. The van der Waals surface area contributed by atoms with Gasteiger partial charge in [0.15, 0.2) is 11.5 Å². The summed E-state index contributed by atoms with van der Waals surface area (Å²) in [6, 6.07) is 0.132. The van der Waals surface area contributed by atoms with Crippen molar-refractivity contribution in [3.8, 4) is 0 Å². The first-order valence-corrected chi connectivity index (χ1v) is 13.2. The molecule has 0 radical (unpaired) electrons. The molecule has 3 aliphatic rings. The zero-order valence-electron chi connectivity index (χ0n) is 19.7. The Balaban J connectivity index is 1.66. The molecule has 4 heterocycles. The zero-order valence-corrected chi connectivity index (χ0v) is 20.5. The molecule has 12 heteroatoms. The number of aromatic nitrogens is 2. The molecule has 2 N–H and O–H groups in total. The second-order valence-corrected chi connectivity index (χ2v) is 11.6. The van der Waals surface area contributed by atoms with Crippen LogP contribution in [-0.4, -0.2) is 85.6 Å². The second-order valence-electron chi connectivity index (χ2n) is 9.94. The molecule has 2 atom stereocenters. The number of hydrogen-bond donors (Lipinski definition) is 2. The number of carbonyl (C=O) groups excluding carboxylic acids is 1. The van der Waals surface area contributed by atoms with Crippen molar-refractivity contribution in [1.29, 1.82) is 0 Å². The number of halogens is 1. The third kappa shape index (κ3) is 4.28. The molecule has 0 aromatic carbocycles. The SMILES string of the molecule is C[C@H]1CN(c2c(F)c(S(=O)(=O)NC3(C)CC3)cn3c(C(=O)N4CCOCC4)cnc23)C[C@H](C)N1. The smallest absolute Gasteiger partial charge is 0.272 e. The Morgan fingerprint density at radius 1 is 1.24 bits per heavy atom. The quantitative estimate of drug-likeness (QED) is 0.638. The number of rotatable bonds is 5. The first-order chi connectivity index (χ1) is 16.1. The van der Waals surface area contributed by atoms with Gasteiger partial charge in [-0.2, -0.15) is 0 Å². The maximum Gasteiger partial charge on any atom is 0.272 e. The molecule has 0 unspecified atom stereocenters. The van der Waals surface area contributed by atoms with Gasteiger partial charge in [0.05, 0.1) is 19.4 Å². The van der Waals surface area contributed by atoms with E-state index in [1.807, 2.05) is 18.7 Å². The van der Waals surface area contributed by atoms with Gasteiger partial charge in [-0.05, 0) is 33.6 Å². The fourth-order valence-corrected chi connectivity index (χ4v) is 6.33. The molecule has 3 fully saturated rings. The number of carbonyl (C=O) groups is 1. The third-order valence-corrected chi connectivity index (χ3v) is 8.37. The Kier molecular flexibility index (Phi) is 5.82. The monoisotopic (exact) mass is 494 g/mol. The molecule has 5 rings (SSSR count). The Morgan fingerprint density at radius 2 is 1.88 bits per heavy atom. The fraction of sp³-hybridized carbons (Fsp3) is 0.636. The van der Waals surface area contributed by atoms with Crippen LogP contribution in [0.2, 0.25) is 0 Å². The predicted octanol–water partition coefficient (Wildman–Crippen LogP) is 0.963. The molecule has 2 aromatic heterocycles. The Bertz CT molecular complexity index is 1210. The normalized spacial score (nSPS) is 25.1. The number of sulfonamides is 1. The molecule has 34 heavy (non-hydrogen) atoms. The van der Waals surface area contributed by atoms with E-state index in [4.69, 9.17) is 4.74 Å². The van der Waals surface area contributed by atoms with Crippen LogP contribution in [0.5, 0.6) is 0 Å². The van der Waals surface area contributed by atoms with Crippen LogP contribution in [0, 0.1) is 5.82 Å². The van der Waals surface area contributed by atoms with E-state index in [1.165, 1.54) is 16.8 Å². The number of fused-ring (bicyclic) bond motifs is 1. The van der Waals surface area contributed by atoms with E-state index in [1.54, 1.807) is 11.8 Å². The average Bonchev–Trinajstić information content (AvgIpc) is 3.34. The van der Waals surface area contributed by atoms with Gasteiger partial charge >= 0.3 is 0 Å². The maximum atomic E-state index is 16.1. The number of anilines is 1. The standard InChI is InChI=1S/C22H31FN6O4S/c1-14-11-28(12-15(2)25-14)19-18(23)17(34(31,32)26-22(3)4-5-22)13-29-16(10-24-20(19)29)21(30)27-6-8-33-9-7-27/h10,13-15,25-26H,4-9,11-12H2,1-3H3/t14-,15-/m0/s1. The molecule has 186 valence electrons. The van der Waals surface area contributed by atoms with Crippen LogP contribution < -0.4 is 14.9 Å². The van der Waals surface area contributed by atoms with E-state index in [9.17, 15) is 13.2 Å². The highest BCUT2D eigenvalue weighted by Crippen LogP contribution is 2.38. The Labute approximate surface area is 198 Å². The highest BCUT2D eigenvalue weighted by molar-refractivity contribution is 7.89. The minimum atomic E-state index is -4.17. The molecule has 1 saturated carbocycles. The minimum absolute atomic E-state index is 0.0661. The lowest BCUT2D eigenvalue weighted by atomic mass is 10.1. The van der Waals surface area contributed by atoms with Crippen LogP contribution in [0.1, 0.15) is 44.1 Å². The summed E-state index contributed by atoms with van der Waals surface area (Å²) in [6.07, 6.45) is 3.98. The van der Waals surface area contributed by atoms with Crippen LogP contribution in [0.25, 0.3) is 5.65 Å². The van der Waals surface area contributed by atoms with Crippen molar-refractivity contribution in [2.75, 3.05) is 44.3 Å². The van der Waals surface area contributed by atoms with Crippen LogP contribution in [0.15, 0.2) is 17.3 Å². The van der Waals surface area contributed by atoms with Crippen LogP contribution in [0.4, 0.5) is 10.1 Å². The second kappa shape index (κ2) is 8.43. The minimum Gasteiger partial charge on any atom is -0.378 e. The van der Waals surface area contributed by atoms with Crippen molar-refractivity contribution in [3.05, 3.63) is 23.9 Å². The summed E-state index contributed by atoms with van der Waals surface area (Å²) in [5, 5.41) is 3.40. The van der Waals surface area contributed by atoms with Gasteiger partial charge in [0.25, 0.3) is 5.91 Å². The summed E-state index contributed by atoms with van der Waals surface area (Å²) in [4.78, 5) is 20.7. The third-order valence-electron chi connectivity index (χ3n) is 6.74. The van der Waals surface area contributed by atoms with Gasteiger partial charge in [0.1, 0.15) is 16.3 Å². The lowest BCUT2D eigenvalue weighted by Gasteiger charge is -2.38. The van der Waals surface area contributed by atoms with Crippen molar-refractivity contribution in [2.45, 2.75) is 56.1 Å².